The summed E-state index contributed by atoms with van der Waals surface area (Å²) in [6.45, 7) is 0.142. The molecular formula is C12H8BrFO2S. The van der Waals surface area contributed by atoms with Gasteiger partial charge in [-0.3, -0.25) is 0 Å². The Morgan fingerprint density at radius 1 is 1.29 bits per heavy atom. The Balaban J connectivity index is 1.97. The number of rotatable bonds is 3. The number of ether oxygens (including phenoxy) is 1. The molecule has 0 aliphatic heterocycles. The molecule has 2 rings (SSSR count). The Bertz CT molecular complexity index is 522. The van der Waals surface area contributed by atoms with E-state index < -0.39 is 0 Å². The van der Waals surface area contributed by atoms with Gasteiger partial charge in [0, 0.05) is 4.47 Å². The SMILES string of the molecule is O=C(OCc1ccc(F)cc1)c1sccc1Br. The number of hydrogen-bond donors (Lipinski definition) is 0. The minimum absolute atomic E-state index is 0.142. The van der Waals surface area contributed by atoms with Crippen molar-refractivity contribution in [1.82, 2.24) is 0 Å². The molecule has 5 heteroatoms. The number of hydrogen-bond acceptors (Lipinski definition) is 3. The first-order chi connectivity index (χ1) is 8.16. The summed E-state index contributed by atoms with van der Waals surface area (Å²) in [5.74, 6) is -0.683. The van der Waals surface area contributed by atoms with E-state index in [-0.39, 0.29) is 18.4 Å². The highest BCUT2D eigenvalue weighted by Crippen LogP contribution is 2.23. The second-order valence-corrected chi connectivity index (χ2v) is 5.07. The fraction of sp³-hybridized carbons (Fsp3) is 0.0833. The monoisotopic (exact) mass is 314 g/mol. The van der Waals surface area contributed by atoms with Crippen molar-refractivity contribution in [3.63, 3.8) is 0 Å². The van der Waals surface area contributed by atoms with Crippen LogP contribution < -0.4 is 0 Å². The molecule has 0 amide bonds. The average Bonchev–Trinajstić information content (AvgIpc) is 2.74. The summed E-state index contributed by atoms with van der Waals surface area (Å²) in [5.41, 5.74) is 0.757. The topological polar surface area (TPSA) is 26.3 Å². The summed E-state index contributed by atoms with van der Waals surface area (Å²) >= 11 is 4.58. The number of benzene rings is 1. The van der Waals surface area contributed by atoms with E-state index in [1.165, 1.54) is 23.5 Å². The molecule has 0 unspecified atom stereocenters. The van der Waals surface area contributed by atoms with Gasteiger partial charge < -0.3 is 4.74 Å². The summed E-state index contributed by atoms with van der Waals surface area (Å²) in [5, 5.41) is 1.80. The van der Waals surface area contributed by atoms with Crippen LogP contribution in [-0.4, -0.2) is 5.97 Å². The van der Waals surface area contributed by atoms with Crippen LogP contribution in [0.25, 0.3) is 0 Å². The highest BCUT2D eigenvalue weighted by Gasteiger charge is 2.12. The van der Waals surface area contributed by atoms with Crippen LogP contribution in [0.15, 0.2) is 40.2 Å². The lowest BCUT2D eigenvalue weighted by Crippen LogP contribution is -2.03. The van der Waals surface area contributed by atoms with Crippen molar-refractivity contribution < 1.29 is 13.9 Å². The predicted octanol–water partition coefficient (Wildman–Crippen LogP) is 4.01. The third kappa shape index (κ3) is 3.14. The van der Waals surface area contributed by atoms with Crippen LogP contribution in [0.5, 0.6) is 0 Å². The molecule has 0 aliphatic rings. The van der Waals surface area contributed by atoms with Crippen molar-refractivity contribution in [1.29, 1.82) is 0 Å². The van der Waals surface area contributed by atoms with Crippen LogP contribution in [0.4, 0.5) is 4.39 Å². The molecule has 0 N–H and O–H groups in total. The number of carbonyl (C=O) groups is 1. The molecule has 1 aromatic heterocycles. The molecule has 88 valence electrons. The van der Waals surface area contributed by atoms with E-state index >= 15 is 0 Å². The lowest BCUT2D eigenvalue weighted by Gasteiger charge is -2.03. The first-order valence-corrected chi connectivity index (χ1v) is 6.48. The van der Waals surface area contributed by atoms with Crippen molar-refractivity contribution in [3.8, 4) is 0 Å². The lowest BCUT2D eigenvalue weighted by molar-refractivity contribution is 0.0477. The molecule has 0 radical (unpaired) electrons. The van der Waals surface area contributed by atoms with Gasteiger partial charge in [-0.2, -0.15) is 0 Å². The average molecular weight is 315 g/mol. The summed E-state index contributed by atoms with van der Waals surface area (Å²) in [4.78, 5) is 12.2. The van der Waals surface area contributed by atoms with Gasteiger partial charge in [-0.25, -0.2) is 9.18 Å². The highest BCUT2D eigenvalue weighted by molar-refractivity contribution is 9.10. The lowest BCUT2D eigenvalue weighted by atomic mass is 10.2. The standard InChI is InChI=1S/C12H8BrFO2S/c13-10-5-6-17-11(10)12(15)16-7-8-1-3-9(14)4-2-8/h1-6H,7H2. The molecule has 0 saturated heterocycles. The normalized spacial score (nSPS) is 10.2. The Hall–Kier alpha value is -1.20. The zero-order valence-corrected chi connectivity index (χ0v) is 11.1. The zero-order chi connectivity index (χ0) is 12.3. The van der Waals surface area contributed by atoms with Crippen LogP contribution in [-0.2, 0) is 11.3 Å². The first-order valence-electron chi connectivity index (χ1n) is 4.81. The number of halogens is 2. The van der Waals surface area contributed by atoms with E-state index in [0.717, 1.165) is 10.0 Å². The van der Waals surface area contributed by atoms with Crippen LogP contribution >= 0.6 is 27.3 Å². The van der Waals surface area contributed by atoms with Gasteiger partial charge in [0.05, 0.1) is 0 Å². The van der Waals surface area contributed by atoms with Crippen molar-refractivity contribution in [3.05, 3.63) is 56.4 Å². The molecule has 0 aliphatic carbocycles. The predicted molar refractivity (Wildman–Crippen MR) is 67.5 cm³/mol. The number of esters is 1. The molecule has 1 heterocycles. The van der Waals surface area contributed by atoms with E-state index in [4.69, 9.17) is 4.74 Å². The molecule has 2 aromatic rings. The van der Waals surface area contributed by atoms with E-state index in [2.05, 4.69) is 15.9 Å². The molecule has 17 heavy (non-hydrogen) atoms. The van der Waals surface area contributed by atoms with Gasteiger partial charge in [-0.15, -0.1) is 11.3 Å². The van der Waals surface area contributed by atoms with E-state index in [1.807, 2.05) is 0 Å². The third-order valence-electron chi connectivity index (χ3n) is 2.09. The second-order valence-electron chi connectivity index (χ2n) is 3.30. The molecule has 0 saturated carbocycles. The molecule has 0 spiro atoms. The van der Waals surface area contributed by atoms with Crippen molar-refractivity contribution in [2.24, 2.45) is 0 Å². The zero-order valence-electron chi connectivity index (χ0n) is 8.65. The Labute approximate surface area is 110 Å². The molecule has 0 atom stereocenters. The summed E-state index contributed by atoms with van der Waals surface area (Å²) in [6, 6.07) is 7.64. The van der Waals surface area contributed by atoms with Crippen molar-refractivity contribution >= 4 is 33.2 Å². The second kappa shape index (κ2) is 5.42. The van der Waals surface area contributed by atoms with Gasteiger partial charge in [0.25, 0.3) is 0 Å². The van der Waals surface area contributed by atoms with Gasteiger partial charge in [0.1, 0.15) is 17.3 Å². The molecule has 2 nitrogen and oxygen atoms in total. The Morgan fingerprint density at radius 2 is 2.00 bits per heavy atom. The van der Waals surface area contributed by atoms with Gasteiger partial charge in [0.2, 0.25) is 0 Å². The van der Waals surface area contributed by atoms with E-state index in [1.54, 1.807) is 23.6 Å². The number of carbonyl (C=O) groups excluding carboxylic acids is 1. The van der Waals surface area contributed by atoms with E-state index in [9.17, 15) is 9.18 Å². The minimum Gasteiger partial charge on any atom is -0.457 e. The maximum atomic E-state index is 12.6. The molecule has 0 fully saturated rings. The quantitative estimate of drug-likeness (QED) is 0.800. The van der Waals surface area contributed by atoms with Gasteiger partial charge >= 0.3 is 5.97 Å². The maximum Gasteiger partial charge on any atom is 0.349 e. The van der Waals surface area contributed by atoms with Crippen LogP contribution in [0, 0.1) is 5.82 Å². The maximum absolute atomic E-state index is 12.6. The Morgan fingerprint density at radius 3 is 2.59 bits per heavy atom. The molecular weight excluding hydrogens is 307 g/mol. The smallest absolute Gasteiger partial charge is 0.349 e. The highest BCUT2D eigenvalue weighted by atomic mass is 79.9. The van der Waals surface area contributed by atoms with Crippen molar-refractivity contribution in [2.75, 3.05) is 0 Å². The summed E-state index contributed by atoms with van der Waals surface area (Å²) < 4.78 is 18.5. The third-order valence-corrected chi connectivity index (χ3v) is 3.90. The minimum atomic E-state index is -0.379. The number of thiophene rings is 1. The molecule has 1 aromatic carbocycles. The largest absolute Gasteiger partial charge is 0.457 e. The summed E-state index contributed by atoms with van der Waals surface area (Å²) in [7, 11) is 0. The van der Waals surface area contributed by atoms with Crippen molar-refractivity contribution in [2.45, 2.75) is 6.61 Å². The summed E-state index contributed by atoms with van der Waals surface area (Å²) in [6.07, 6.45) is 0. The fourth-order valence-corrected chi connectivity index (χ4v) is 2.66. The fourth-order valence-electron chi connectivity index (χ4n) is 1.23. The van der Waals surface area contributed by atoms with E-state index in [0.29, 0.717) is 4.88 Å². The first kappa shape index (κ1) is 12.3. The molecule has 0 bridgehead atoms. The van der Waals surface area contributed by atoms with Crippen LogP contribution in [0.2, 0.25) is 0 Å². The van der Waals surface area contributed by atoms with Crippen LogP contribution in [0.3, 0.4) is 0 Å². The van der Waals surface area contributed by atoms with Gasteiger partial charge in [0.15, 0.2) is 0 Å². The Kier molecular flexibility index (Phi) is 3.91. The van der Waals surface area contributed by atoms with Crippen LogP contribution in [0.1, 0.15) is 15.2 Å². The van der Waals surface area contributed by atoms with Gasteiger partial charge in [-0.1, -0.05) is 12.1 Å². The van der Waals surface area contributed by atoms with Gasteiger partial charge in [-0.05, 0) is 45.1 Å².